The van der Waals surface area contributed by atoms with Crippen LogP contribution in [0.15, 0.2) is 53.4 Å². The van der Waals surface area contributed by atoms with Gasteiger partial charge in [-0.1, -0.05) is 18.2 Å². The highest BCUT2D eigenvalue weighted by Crippen LogP contribution is 2.43. The molecular weight excluding hydrogens is 491 g/mol. The monoisotopic (exact) mass is 516 g/mol. The molecule has 5 rings (SSSR count). The van der Waals surface area contributed by atoms with Crippen LogP contribution in [0, 0.1) is 11.2 Å². The molecule has 3 heterocycles. The summed E-state index contributed by atoms with van der Waals surface area (Å²) in [5, 5.41) is 0.863. The summed E-state index contributed by atoms with van der Waals surface area (Å²) in [4.78, 5) is 18.7. The van der Waals surface area contributed by atoms with E-state index in [0.717, 1.165) is 36.6 Å². The second-order valence-corrected chi connectivity index (χ2v) is 11.7. The number of hydrogen-bond donors (Lipinski definition) is 0. The summed E-state index contributed by atoms with van der Waals surface area (Å²) in [6, 6.07) is 12.3. The average Bonchev–Trinajstić information content (AvgIpc) is 3.31. The molecule has 0 saturated carbocycles. The van der Waals surface area contributed by atoms with Crippen LogP contribution in [0.5, 0.6) is 0 Å². The van der Waals surface area contributed by atoms with Gasteiger partial charge in [0.1, 0.15) is 11.6 Å². The first kappa shape index (κ1) is 23.8. The van der Waals surface area contributed by atoms with Gasteiger partial charge in [0.05, 0.1) is 17.6 Å². The van der Waals surface area contributed by atoms with Gasteiger partial charge in [0, 0.05) is 49.5 Å². The average molecular weight is 517 g/mol. The van der Waals surface area contributed by atoms with Gasteiger partial charge in [-0.05, 0) is 48.7 Å². The van der Waals surface area contributed by atoms with Crippen LogP contribution in [0.25, 0.3) is 0 Å². The number of esters is 1. The Hall–Kier alpha value is -2.89. The Kier molecular flexibility index (Phi) is 6.32. The zero-order chi connectivity index (χ0) is 24.6. The number of carbonyl (C=O) groups is 1. The minimum atomic E-state index is -3.69. The second kappa shape index (κ2) is 9.29. The summed E-state index contributed by atoms with van der Waals surface area (Å²) in [5.41, 5.74) is 1.25. The van der Waals surface area contributed by atoms with Gasteiger partial charge in [0.2, 0.25) is 15.2 Å². The number of carbonyl (C=O) groups excluding carboxylic acids is 1. The molecule has 2 aliphatic heterocycles. The zero-order valence-electron chi connectivity index (χ0n) is 19.2. The van der Waals surface area contributed by atoms with Crippen molar-refractivity contribution in [3.63, 3.8) is 0 Å². The Morgan fingerprint density at radius 1 is 1.14 bits per heavy atom. The van der Waals surface area contributed by atoms with Crippen molar-refractivity contribution in [1.82, 2.24) is 13.7 Å². The predicted molar refractivity (Wildman–Crippen MR) is 130 cm³/mol. The van der Waals surface area contributed by atoms with E-state index in [-0.39, 0.29) is 21.7 Å². The predicted octanol–water partition coefficient (Wildman–Crippen LogP) is 3.35. The van der Waals surface area contributed by atoms with E-state index in [9.17, 15) is 17.6 Å². The quantitative estimate of drug-likeness (QED) is 0.464. The molecule has 11 heteroatoms. The Balaban J connectivity index is 1.18. The van der Waals surface area contributed by atoms with Crippen LogP contribution in [-0.4, -0.2) is 61.3 Å². The number of hydrogen-bond acceptors (Lipinski definition) is 8. The van der Waals surface area contributed by atoms with Gasteiger partial charge in [-0.2, -0.15) is 8.68 Å². The van der Waals surface area contributed by atoms with Crippen LogP contribution < -0.4 is 4.90 Å². The number of nitrogens with zero attached hydrogens (tertiary/aromatic N) is 4. The molecule has 2 saturated heterocycles. The first-order valence-corrected chi connectivity index (χ1v) is 13.5. The fraction of sp³-hybridized carbons (Fsp3) is 0.375. The second-order valence-electron chi connectivity index (χ2n) is 9.08. The first-order valence-electron chi connectivity index (χ1n) is 11.3. The lowest BCUT2D eigenvalue weighted by Gasteiger charge is -2.53. The lowest BCUT2D eigenvalue weighted by molar-refractivity contribution is 0.0600. The minimum absolute atomic E-state index is 0.0721. The van der Waals surface area contributed by atoms with Crippen molar-refractivity contribution in [2.24, 2.45) is 5.41 Å². The molecule has 0 N–H and O–H groups in total. The normalized spacial score (nSPS) is 17.8. The maximum atomic E-state index is 13.2. The van der Waals surface area contributed by atoms with Gasteiger partial charge in [0.25, 0.3) is 0 Å². The van der Waals surface area contributed by atoms with E-state index < -0.39 is 16.0 Å². The minimum Gasteiger partial charge on any atom is -0.465 e. The maximum Gasteiger partial charge on any atom is 0.337 e. The number of ether oxygens (including phenoxy) is 1. The molecule has 0 bridgehead atoms. The smallest absolute Gasteiger partial charge is 0.337 e. The van der Waals surface area contributed by atoms with Crippen molar-refractivity contribution < 1.29 is 22.3 Å². The highest BCUT2D eigenvalue weighted by atomic mass is 32.2. The number of benzene rings is 2. The maximum absolute atomic E-state index is 13.2. The SMILES string of the molecule is COC(=O)c1cccc(S(=O)(=O)N2CCC3(CC2)CN(c2nc(Cc4ccc(F)cc4)ns2)C3)c1. The molecule has 0 aliphatic carbocycles. The van der Waals surface area contributed by atoms with Gasteiger partial charge in [-0.15, -0.1) is 0 Å². The van der Waals surface area contributed by atoms with Crippen LogP contribution in [0.2, 0.25) is 0 Å². The summed E-state index contributed by atoms with van der Waals surface area (Å²) in [5.74, 6) is -0.112. The molecule has 2 aromatic carbocycles. The molecule has 35 heavy (non-hydrogen) atoms. The third-order valence-electron chi connectivity index (χ3n) is 6.73. The Labute approximate surface area is 207 Å². The highest BCUT2D eigenvalue weighted by Gasteiger charge is 2.47. The number of sulfonamides is 1. The van der Waals surface area contributed by atoms with Crippen LogP contribution in [0.3, 0.4) is 0 Å². The largest absolute Gasteiger partial charge is 0.465 e. The molecule has 2 fully saturated rings. The summed E-state index contributed by atoms with van der Waals surface area (Å²) in [7, 11) is -2.42. The number of halogens is 1. The molecule has 184 valence electrons. The highest BCUT2D eigenvalue weighted by molar-refractivity contribution is 7.89. The molecule has 3 aromatic rings. The van der Waals surface area contributed by atoms with Crippen molar-refractivity contribution in [1.29, 1.82) is 0 Å². The topological polar surface area (TPSA) is 92.7 Å². The van der Waals surface area contributed by atoms with Gasteiger partial charge in [-0.25, -0.2) is 22.6 Å². The summed E-state index contributed by atoms with van der Waals surface area (Å²) >= 11 is 1.36. The van der Waals surface area contributed by atoms with Crippen LogP contribution in [-0.2, 0) is 21.2 Å². The van der Waals surface area contributed by atoms with Gasteiger partial charge >= 0.3 is 5.97 Å². The van der Waals surface area contributed by atoms with Crippen LogP contribution in [0.4, 0.5) is 9.52 Å². The van der Waals surface area contributed by atoms with E-state index in [0.29, 0.717) is 25.3 Å². The summed E-state index contributed by atoms with van der Waals surface area (Å²) in [6.07, 6.45) is 2.08. The Morgan fingerprint density at radius 3 is 2.54 bits per heavy atom. The molecule has 0 radical (unpaired) electrons. The molecule has 1 spiro atoms. The van der Waals surface area contributed by atoms with Gasteiger partial charge in [-0.3, -0.25) is 0 Å². The fourth-order valence-electron chi connectivity index (χ4n) is 4.70. The molecule has 0 unspecified atom stereocenters. The van der Waals surface area contributed by atoms with E-state index in [1.54, 1.807) is 18.2 Å². The molecular formula is C24H25FN4O4S2. The molecule has 8 nitrogen and oxygen atoms in total. The van der Waals surface area contributed by atoms with E-state index >= 15 is 0 Å². The number of methoxy groups -OCH3 is 1. The third-order valence-corrected chi connectivity index (χ3v) is 9.44. The van der Waals surface area contributed by atoms with E-state index in [1.807, 2.05) is 0 Å². The lowest BCUT2D eigenvalue weighted by atomic mass is 9.73. The van der Waals surface area contributed by atoms with Crippen molar-refractivity contribution in [3.05, 3.63) is 71.3 Å². The molecule has 0 amide bonds. The first-order chi connectivity index (χ1) is 16.8. The van der Waals surface area contributed by atoms with Crippen molar-refractivity contribution >= 4 is 32.7 Å². The fourth-order valence-corrected chi connectivity index (χ4v) is 6.87. The third kappa shape index (κ3) is 4.80. The van der Waals surface area contributed by atoms with Crippen molar-refractivity contribution in [2.45, 2.75) is 24.2 Å². The summed E-state index contributed by atoms with van der Waals surface area (Å²) in [6.45, 7) is 2.52. The summed E-state index contributed by atoms with van der Waals surface area (Å²) < 4.78 is 50.1. The van der Waals surface area contributed by atoms with Gasteiger partial charge < -0.3 is 9.64 Å². The van der Waals surface area contributed by atoms with E-state index in [4.69, 9.17) is 4.74 Å². The standard InChI is InChI=1S/C24H25FN4O4S2/c1-33-22(30)18-3-2-4-20(14-18)35(31,32)29-11-9-24(10-12-29)15-28(16-24)23-26-21(27-34-23)13-17-5-7-19(25)8-6-17/h2-8,14H,9-13,15-16H2,1H3. The van der Waals surface area contributed by atoms with Crippen molar-refractivity contribution in [2.75, 3.05) is 38.2 Å². The zero-order valence-corrected chi connectivity index (χ0v) is 20.8. The van der Waals surface area contributed by atoms with Gasteiger partial charge in [0.15, 0.2) is 0 Å². The van der Waals surface area contributed by atoms with Crippen molar-refractivity contribution in [3.8, 4) is 0 Å². The number of aromatic nitrogens is 2. The van der Waals surface area contributed by atoms with Crippen LogP contribution >= 0.6 is 11.5 Å². The van der Waals surface area contributed by atoms with E-state index in [2.05, 4.69) is 14.3 Å². The number of rotatable bonds is 6. The lowest BCUT2D eigenvalue weighted by Crippen LogP contribution is -2.61. The Bertz CT molecular complexity index is 1330. The molecule has 0 atom stereocenters. The number of piperidine rings is 1. The van der Waals surface area contributed by atoms with Crippen LogP contribution in [0.1, 0.15) is 34.6 Å². The molecule has 2 aliphatic rings. The molecule has 1 aromatic heterocycles. The Morgan fingerprint density at radius 2 is 1.86 bits per heavy atom. The number of anilines is 1. The van der Waals surface area contributed by atoms with E-state index in [1.165, 1.54) is 53.3 Å².